The van der Waals surface area contributed by atoms with Crippen molar-refractivity contribution >= 4 is 10.0 Å². The van der Waals surface area contributed by atoms with Gasteiger partial charge in [-0.3, -0.25) is 0 Å². The van der Waals surface area contributed by atoms with Gasteiger partial charge in [-0.2, -0.15) is 4.31 Å². The van der Waals surface area contributed by atoms with E-state index in [4.69, 9.17) is 0 Å². The average Bonchev–Trinajstić information content (AvgIpc) is 2.01. The third-order valence-corrected chi connectivity index (χ3v) is 4.50. The summed E-state index contributed by atoms with van der Waals surface area (Å²) in [7, 11) is -3.14. The molecule has 0 aromatic carbocycles. The van der Waals surface area contributed by atoms with Crippen LogP contribution in [0.1, 0.15) is 26.7 Å². The number of hydrogen-bond acceptors (Lipinski definition) is 3. The quantitative estimate of drug-likeness (QED) is 0.752. The zero-order valence-electron chi connectivity index (χ0n) is 8.81. The number of rotatable bonds is 3. The molecule has 4 nitrogen and oxygen atoms in total. The van der Waals surface area contributed by atoms with Crippen molar-refractivity contribution in [1.82, 2.24) is 4.31 Å². The molecule has 5 heteroatoms. The van der Waals surface area contributed by atoms with Gasteiger partial charge in [0.15, 0.2) is 0 Å². The predicted octanol–water partition coefficient (Wildman–Crippen LogP) is 0.429. The van der Waals surface area contributed by atoms with Crippen LogP contribution in [-0.2, 0) is 10.0 Å². The van der Waals surface area contributed by atoms with Crippen molar-refractivity contribution in [1.29, 1.82) is 0 Å². The highest BCUT2D eigenvalue weighted by Gasteiger charge is 2.28. The standard InChI is InChI=1S/C9H19NO3S/c1-8(2)7-14(12,13)10-5-3-4-9(11)6-10/h8-9,11H,3-7H2,1-2H3/t9-/m0/s1. The van der Waals surface area contributed by atoms with Gasteiger partial charge in [0.25, 0.3) is 0 Å². The Labute approximate surface area is 86.0 Å². The minimum atomic E-state index is -3.14. The molecule has 84 valence electrons. The van der Waals surface area contributed by atoms with E-state index in [1.807, 2.05) is 13.8 Å². The predicted molar refractivity (Wildman–Crippen MR) is 55.4 cm³/mol. The first-order valence-electron chi connectivity index (χ1n) is 5.07. The maximum Gasteiger partial charge on any atom is 0.214 e. The summed E-state index contributed by atoms with van der Waals surface area (Å²) in [6.45, 7) is 4.61. The summed E-state index contributed by atoms with van der Waals surface area (Å²) in [5.74, 6) is 0.318. The molecule has 0 bridgehead atoms. The molecular weight excluding hydrogens is 202 g/mol. The van der Waals surface area contributed by atoms with Gasteiger partial charge < -0.3 is 5.11 Å². The van der Waals surface area contributed by atoms with Crippen molar-refractivity contribution in [3.63, 3.8) is 0 Å². The second kappa shape index (κ2) is 4.59. The maximum absolute atomic E-state index is 11.8. The van der Waals surface area contributed by atoms with E-state index in [1.165, 1.54) is 4.31 Å². The Morgan fingerprint density at radius 1 is 1.50 bits per heavy atom. The molecule has 0 aliphatic carbocycles. The van der Waals surface area contributed by atoms with E-state index in [2.05, 4.69) is 0 Å². The van der Waals surface area contributed by atoms with Crippen LogP contribution in [0.25, 0.3) is 0 Å². The van der Waals surface area contributed by atoms with E-state index in [0.29, 0.717) is 13.0 Å². The lowest BCUT2D eigenvalue weighted by atomic mass is 10.1. The Morgan fingerprint density at radius 3 is 2.64 bits per heavy atom. The topological polar surface area (TPSA) is 57.6 Å². The van der Waals surface area contributed by atoms with Gasteiger partial charge in [-0.05, 0) is 18.8 Å². The van der Waals surface area contributed by atoms with Crippen molar-refractivity contribution in [3.8, 4) is 0 Å². The highest BCUT2D eigenvalue weighted by atomic mass is 32.2. The van der Waals surface area contributed by atoms with Gasteiger partial charge in [-0.1, -0.05) is 13.8 Å². The van der Waals surface area contributed by atoms with Crippen LogP contribution in [0.5, 0.6) is 0 Å². The van der Waals surface area contributed by atoms with Crippen LogP contribution in [0.15, 0.2) is 0 Å². The number of nitrogens with zero attached hydrogens (tertiary/aromatic N) is 1. The molecule has 0 unspecified atom stereocenters. The maximum atomic E-state index is 11.8. The van der Waals surface area contributed by atoms with Gasteiger partial charge in [-0.25, -0.2) is 8.42 Å². The summed E-state index contributed by atoms with van der Waals surface area (Å²) in [6.07, 6.45) is 0.998. The highest BCUT2D eigenvalue weighted by molar-refractivity contribution is 7.89. The molecule has 1 aliphatic heterocycles. The lowest BCUT2D eigenvalue weighted by Crippen LogP contribution is -2.43. The molecule has 1 aliphatic rings. The van der Waals surface area contributed by atoms with Crippen LogP contribution < -0.4 is 0 Å². The molecule has 1 N–H and O–H groups in total. The lowest BCUT2D eigenvalue weighted by Gasteiger charge is -2.29. The summed E-state index contributed by atoms with van der Waals surface area (Å²) in [4.78, 5) is 0. The molecule has 1 heterocycles. The van der Waals surface area contributed by atoms with Crippen molar-refractivity contribution in [2.75, 3.05) is 18.8 Å². The first kappa shape index (κ1) is 11.9. The molecule has 1 atom stereocenters. The summed E-state index contributed by atoms with van der Waals surface area (Å²) in [5, 5.41) is 9.37. The van der Waals surface area contributed by atoms with E-state index in [1.54, 1.807) is 0 Å². The number of hydrogen-bond donors (Lipinski definition) is 1. The van der Waals surface area contributed by atoms with E-state index in [-0.39, 0.29) is 18.2 Å². The Balaban J connectivity index is 2.62. The van der Waals surface area contributed by atoms with Crippen molar-refractivity contribution < 1.29 is 13.5 Å². The van der Waals surface area contributed by atoms with Crippen molar-refractivity contribution in [2.45, 2.75) is 32.8 Å². The summed E-state index contributed by atoms with van der Waals surface area (Å²) >= 11 is 0. The fourth-order valence-electron chi connectivity index (χ4n) is 1.70. The SMILES string of the molecule is CC(C)CS(=O)(=O)N1CCC[C@H](O)C1. The number of sulfonamides is 1. The zero-order chi connectivity index (χ0) is 10.8. The van der Waals surface area contributed by atoms with Crippen LogP contribution in [0.2, 0.25) is 0 Å². The molecule has 0 aromatic heterocycles. The smallest absolute Gasteiger partial charge is 0.214 e. The molecule has 14 heavy (non-hydrogen) atoms. The fourth-order valence-corrected chi connectivity index (χ4v) is 3.56. The van der Waals surface area contributed by atoms with Crippen LogP contribution in [-0.4, -0.2) is 42.8 Å². The largest absolute Gasteiger partial charge is 0.392 e. The molecule has 0 aromatic rings. The molecule has 0 spiro atoms. The molecule has 0 radical (unpaired) electrons. The van der Waals surface area contributed by atoms with Gasteiger partial charge in [0.05, 0.1) is 11.9 Å². The second-order valence-corrected chi connectivity index (χ2v) is 6.34. The third kappa shape index (κ3) is 3.22. The van der Waals surface area contributed by atoms with Gasteiger partial charge in [0, 0.05) is 13.1 Å². The molecule has 0 saturated carbocycles. The molecule has 1 rings (SSSR count). The third-order valence-electron chi connectivity index (χ3n) is 2.30. The Morgan fingerprint density at radius 2 is 2.14 bits per heavy atom. The number of aliphatic hydroxyl groups is 1. The minimum Gasteiger partial charge on any atom is -0.392 e. The number of piperidine rings is 1. The summed E-state index contributed by atoms with van der Waals surface area (Å²) in [6, 6.07) is 0. The second-order valence-electron chi connectivity index (χ2n) is 4.33. The fraction of sp³-hybridized carbons (Fsp3) is 1.00. The van der Waals surface area contributed by atoms with Crippen LogP contribution in [0, 0.1) is 5.92 Å². The normalized spacial score (nSPS) is 25.6. The van der Waals surface area contributed by atoms with Gasteiger partial charge in [0.2, 0.25) is 10.0 Å². The Kier molecular flexibility index (Phi) is 3.92. The Hall–Kier alpha value is -0.130. The van der Waals surface area contributed by atoms with Gasteiger partial charge in [-0.15, -0.1) is 0 Å². The number of aliphatic hydroxyl groups excluding tert-OH is 1. The monoisotopic (exact) mass is 221 g/mol. The lowest BCUT2D eigenvalue weighted by molar-refractivity contribution is 0.108. The summed E-state index contributed by atoms with van der Waals surface area (Å²) < 4.78 is 24.9. The van der Waals surface area contributed by atoms with Crippen molar-refractivity contribution in [3.05, 3.63) is 0 Å². The van der Waals surface area contributed by atoms with E-state index >= 15 is 0 Å². The van der Waals surface area contributed by atoms with E-state index in [0.717, 1.165) is 6.42 Å². The van der Waals surface area contributed by atoms with Crippen LogP contribution >= 0.6 is 0 Å². The molecular formula is C9H19NO3S. The average molecular weight is 221 g/mol. The van der Waals surface area contributed by atoms with E-state index in [9.17, 15) is 13.5 Å². The van der Waals surface area contributed by atoms with Crippen molar-refractivity contribution in [2.24, 2.45) is 5.92 Å². The van der Waals surface area contributed by atoms with E-state index < -0.39 is 16.1 Å². The first-order valence-corrected chi connectivity index (χ1v) is 6.68. The summed E-state index contributed by atoms with van der Waals surface area (Å²) in [5.41, 5.74) is 0. The number of β-amino-alcohol motifs (C(OH)–C–C–N with tert-alkyl or cyclic N) is 1. The zero-order valence-corrected chi connectivity index (χ0v) is 9.63. The van der Waals surface area contributed by atoms with Gasteiger partial charge in [0.1, 0.15) is 0 Å². The minimum absolute atomic E-state index is 0.138. The van der Waals surface area contributed by atoms with Gasteiger partial charge >= 0.3 is 0 Å². The molecule has 0 amide bonds. The van der Waals surface area contributed by atoms with Crippen LogP contribution in [0.4, 0.5) is 0 Å². The molecule has 1 fully saturated rings. The highest BCUT2D eigenvalue weighted by Crippen LogP contribution is 2.15. The van der Waals surface area contributed by atoms with Crippen LogP contribution in [0.3, 0.4) is 0 Å². The Bertz CT molecular complexity index is 274. The first-order chi connectivity index (χ1) is 6.42. The molecule has 1 saturated heterocycles.